The van der Waals surface area contributed by atoms with Crippen molar-refractivity contribution in [2.75, 3.05) is 14.2 Å². The van der Waals surface area contributed by atoms with E-state index in [2.05, 4.69) is 46.3 Å². The third-order valence-electron chi connectivity index (χ3n) is 3.68. The first-order valence-corrected chi connectivity index (χ1v) is 11.1. The maximum absolute atomic E-state index is 11.3. The molecular formula is C18H13Br2N2O5S2+. The van der Waals surface area contributed by atoms with E-state index in [9.17, 15) is 14.8 Å². The van der Waals surface area contributed by atoms with Crippen molar-refractivity contribution in [1.29, 1.82) is 0 Å². The van der Waals surface area contributed by atoms with E-state index in [4.69, 9.17) is 0 Å². The predicted octanol–water partition coefficient (Wildman–Crippen LogP) is 4.82. The van der Waals surface area contributed by atoms with Crippen molar-refractivity contribution >= 4 is 86.6 Å². The normalized spacial score (nSPS) is 10.5. The maximum Gasteiger partial charge on any atom is 0.348 e. The van der Waals surface area contributed by atoms with Crippen molar-refractivity contribution in [2.45, 2.75) is 0 Å². The van der Waals surface area contributed by atoms with E-state index < -0.39 is 0 Å². The number of nitrogens with zero attached hydrogens (tertiary/aromatic N) is 2. The van der Waals surface area contributed by atoms with Crippen molar-refractivity contribution in [1.82, 2.24) is 4.98 Å². The van der Waals surface area contributed by atoms with Gasteiger partial charge in [0.2, 0.25) is 12.4 Å². The van der Waals surface area contributed by atoms with Crippen LogP contribution in [-0.2, 0) is 9.47 Å². The number of methoxy groups -OCH3 is 2. The Morgan fingerprint density at radius 3 is 2.03 bits per heavy atom. The van der Waals surface area contributed by atoms with Gasteiger partial charge in [-0.3, -0.25) is 10.2 Å². The zero-order chi connectivity index (χ0) is 21.1. The number of pyridine rings is 2. The number of carbonyl (C=O) groups excluding carboxylic acids is 2. The fourth-order valence-corrected chi connectivity index (χ4v) is 5.60. The van der Waals surface area contributed by atoms with E-state index in [0.29, 0.717) is 9.75 Å². The van der Waals surface area contributed by atoms with Crippen LogP contribution in [-0.4, -0.2) is 36.3 Å². The summed E-state index contributed by atoms with van der Waals surface area (Å²) in [6, 6.07) is 3.54. The topological polar surface area (TPSA) is 89.6 Å². The average Bonchev–Trinajstić information content (AvgIpc) is 3.32. The van der Waals surface area contributed by atoms with Crippen molar-refractivity contribution in [3.8, 4) is 0 Å². The molecule has 0 aliphatic rings. The number of fused-ring (bicyclic) bond motifs is 2. The monoisotopic (exact) mass is 559 g/mol. The van der Waals surface area contributed by atoms with Crippen molar-refractivity contribution in [3.63, 3.8) is 0 Å². The van der Waals surface area contributed by atoms with Crippen LogP contribution in [0.15, 0.2) is 45.9 Å². The van der Waals surface area contributed by atoms with Crippen LogP contribution in [0.5, 0.6) is 0 Å². The minimum absolute atomic E-state index is 0.307. The van der Waals surface area contributed by atoms with Crippen LogP contribution in [0.4, 0.5) is 0 Å². The molecule has 0 atom stereocenters. The van der Waals surface area contributed by atoms with Crippen molar-refractivity contribution in [3.05, 3.63) is 55.6 Å². The number of esters is 2. The second kappa shape index (κ2) is 9.16. The Morgan fingerprint density at radius 1 is 0.931 bits per heavy atom. The molecule has 4 aromatic rings. The van der Waals surface area contributed by atoms with Gasteiger partial charge < -0.3 is 9.47 Å². The van der Waals surface area contributed by atoms with Crippen LogP contribution in [0.1, 0.15) is 19.3 Å². The highest BCUT2D eigenvalue weighted by molar-refractivity contribution is 9.11. The summed E-state index contributed by atoms with van der Waals surface area (Å²) < 4.78 is 13.6. The van der Waals surface area contributed by atoms with Gasteiger partial charge in [-0.05, 0) is 44.0 Å². The Hall–Kier alpha value is -2.08. The summed E-state index contributed by atoms with van der Waals surface area (Å²) in [4.78, 5) is 27.7. The van der Waals surface area contributed by atoms with E-state index in [1.54, 1.807) is 24.5 Å². The maximum atomic E-state index is 11.3. The molecule has 4 rings (SSSR count). The van der Waals surface area contributed by atoms with E-state index in [1.165, 1.54) is 49.3 Å². The molecule has 0 unspecified atom stereocenters. The molecule has 0 aliphatic heterocycles. The summed E-state index contributed by atoms with van der Waals surface area (Å²) in [7, 11) is 2.72. The number of aromatic nitrogens is 2. The second-order valence-electron chi connectivity index (χ2n) is 5.50. The summed E-state index contributed by atoms with van der Waals surface area (Å²) in [5, 5.41) is 11.2. The minimum atomic E-state index is -0.368. The van der Waals surface area contributed by atoms with Crippen LogP contribution in [0.25, 0.3) is 20.2 Å². The fourth-order valence-electron chi connectivity index (χ4n) is 2.36. The number of ether oxygens (including phenoxy) is 2. The quantitative estimate of drug-likeness (QED) is 0.215. The molecule has 0 saturated heterocycles. The van der Waals surface area contributed by atoms with Crippen LogP contribution in [0.3, 0.4) is 0 Å². The SMILES string of the molecule is COC(=O)c1cc2c(Br)c[n+](O)cc2s1.COC(=O)c1cc2c(Br)cncc2s1. The lowest BCUT2D eigenvalue weighted by Crippen LogP contribution is -2.28. The van der Waals surface area contributed by atoms with E-state index in [-0.39, 0.29) is 11.9 Å². The number of hydrogen-bond acceptors (Lipinski definition) is 8. The van der Waals surface area contributed by atoms with Crippen molar-refractivity contribution in [2.24, 2.45) is 0 Å². The van der Waals surface area contributed by atoms with Gasteiger partial charge in [-0.1, -0.05) is 0 Å². The van der Waals surface area contributed by atoms with Gasteiger partial charge in [-0.25, -0.2) is 9.59 Å². The van der Waals surface area contributed by atoms with Gasteiger partial charge in [0.1, 0.15) is 14.5 Å². The summed E-state index contributed by atoms with van der Waals surface area (Å²) in [5.41, 5.74) is 0. The highest BCUT2D eigenvalue weighted by Gasteiger charge is 2.16. The van der Waals surface area contributed by atoms with Crippen LogP contribution < -0.4 is 4.73 Å². The van der Waals surface area contributed by atoms with E-state index in [1.807, 2.05) is 0 Å². The zero-order valence-corrected chi connectivity index (χ0v) is 19.8. The number of thiophene rings is 2. The molecule has 0 amide bonds. The summed E-state index contributed by atoms with van der Waals surface area (Å²) in [6.07, 6.45) is 6.49. The van der Waals surface area contributed by atoms with Gasteiger partial charge in [0.05, 0.1) is 23.4 Å². The third kappa shape index (κ3) is 4.74. The molecule has 0 spiro atoms. The van der Waals surface area contributed by atoms with E-state index >= 15 is 0 Å². The molecule has 0 fully saturated rings. The first-order valence-electron chi connectivity index (χ1n) is 7.87. The lowest BCUT2D eigenvalue weighted by atomic mass is 10.3. The zero-order valence-electron chi connectivity index (χ0n) is 15.0. The number of hydrogen-bond donors (Lipinski definition) is 1. The summed E-state index contributed by atoms with van der Waals surface area (Å²) >= 11 is 9.33. The molecule has 0 radical (unpaired) electrons. The van der Waals surface area contributed by atoms with Crippen molar-refractivity contribution < 1.29 is 29.0 Å². The van der Waals surface area contributed by atoms with Gasteiger partial charge in [0.25, 0.3) is 0 Å². The number of rotatable bonds is 2. The molecule has 0 bridgehead atoms. The Morgan fingerprint density at radius 2 is 1.48 bits per heavy atom. The Labute approximate surface area is 189 Å². The molecule has 7 nitrogen and oxygen atoms in total. The molecule has 1 N–H and O–H groups in total. The van der Waals surface area contributed by atoms with Crippen LogP contribution in [0.2, 0.25) is 0 Å². The van der Waals surface area contributed by atoms with Gasteiger partial charge in [0, 0.05) is 32.4 Å². The molecule has 11 heteroatoms. The molecule has 0 saturated carbocycles. The molecular weight excluding hydrogens is 548 g/mol. The number of halogens is 2. The van der Waals surface area contributed by atoms with Crippen LogP contribution >= 0.6 is 54.5 Å². The van der Waals surface area contributed by atoms with Gasteiger partial charge in [-0.15, -0.1) is 22.7 Å². The Bertz CT molecular complexity index is 1220. The smallest absolute Gasteiger partial charge is 0.348 e. The predicted molar refractivity (Wildman–Crippen MR) is 117 cm³/mol. The third-order valence-corrected chi connectivity index (χ3v) is 7.05. The highest BCUT2D eigenvalue weighted by atomic mass is 79.9. The lowest BCUT2D eigenvalue weighted by molar-refractivity contribution is -0.904. The molecule has 29 heavy (non-hydrogen) atoms. The molecule has 0 aromatic carbocycles. The summed E-state index contributed by atoms with van der Waals surface area (Å²) in [6.45, 7) is 0. The molecule has 4 aromatic heterocycles. The lowest BCUT2D eigenvalue weighted by Gasteiger charge is -1.90. The largest absolute Gasteiger partial charge is 0.465 e. The van der Waals surface area contributed by atoms with Crippen LogP contribution in [0, 0.1) is 0 Å². The van der Waals surface area contributed by atoms with Gasteiger partial charge >= 0.3 is 11.9 Å². The molecule has 150 valence electrons. The fraction of sp³-hybridized carbons (Fsp3) is 0.111. The standard InChI is InChI=1S/C9H7BrNO3S.C9H6BrNO2S/c1-14-9(12)7-2-5-6(10)3-11(13)4-8(5)15-7;1-13-9(12)7-2-5-6(10)3-11-4-8(5)14-7/h2-4,13H,1H3;2-4H,1H3/q+1;. The molecule has 4 heterocycles. The first-order chi connectivity index (χ1) is 13.8. The Balaban J connectivity index is 0.000000166. The molecule has 0 aliphatic carbocycles. The second-order valence-corrected chi connectivity index (χ2v) is 9.38. The first kappa shape index (κ1) is 21.6. The minimum Gasteiger partial charge on any atom is -0.465 e. The highest BCUT2D eigenvalue weighted by Crippen LogP contribution is 2.31. The average molecular weight is 561 g/mol. The summed E-state index contributed by atoms with van der Waals surface area (Å²) in [5.74, 6) is -0.675. The van der Waals surface area contributed by atoms with E-state index in [0.717, 1.165) is 33.8 Å². The van der Waals surface area contributed by atoms with Gasteiger partial charge in [-0.2, -0.15) is 0 Å². The van der Waals surface area contributed by atoms with Gasteiger partial charge in [0.15, 0.2) is 0 Å². The Kier molecular flexibility index (Phi) is 6.83. The number of carbonyl (C=O) groups is 2.